The zero-order valence-electron chi connectivity index (χ0n) is 7.40. The molecule has 4 heteroatoms. The van der Waals surface area contributed by atoms with Gasteiger partial charge in [0.05, 0.1) is 10.2 Å². The molecule has 0 N–H and O–H groups in total. The Bertz CT molecular complexity index is 350. The first-order chi connectivity index (χ1) is 6.68. The fraction of sp³-hybridized carbons (Fsp3) is 0.400. The van der Waals surface area contributed by atoms with Gasteiger partial charge in [-0.15, -0.1) is 0 Å². The van der Waals surface area contributed by atoms with Crippen LogP contribution < -0.4 is 4.74 Å². The zero-order chi connectivity index (χ0) is 10.1. The Kier molecular flexibility index (Phi) is 2.90. The minimum atomic E-state index is -0.622. The summed E-state index contributed by atoms with van der Waals surface area (Å²) in [6.07, 6.45) is 2.21. The summed E-state index contributed by atoms with van der Waals surface area (Å²) in [7, 11) is 0. The molecule has 1 aromatic carbocycles. The zero-order valence-corrected chi connectivity index (χ0v) is 9.55. The van der Waals surface area contributed by atoms with Gasteiger partial charge in [-0.25, -0.2) is 8.78 Å². The van der Waals surface area contributed by atoms with Crippen LogP contribution in [0.15, 0.2) is 12.1 Å². The maximum Gasteiger partial charge on any atom is 0.191 e. The Hall–Kier alpha value is -0.390. The summed E-state index contributed by atoms with van der Waals surface area (Å²) in [5, 5.41) is 0. The van der Waals surface area contributed by atoms with Crippen LogP contribution in [0.1, 0.15) is 12.8 Å². The van der Waals surface area contributed by atoms with Crippen molar-refractivity contribution in [1.82, 2.24) is 0 Å². The number of ether oxygens (including phenoxy) is 1. The third kappa shape index (κ3) is 2.16. The summed E-state index contributed by atoms with van der Waals surface area (Å²) >= 11 is 1.82. The third-order valence-electron chi connectivity index (χ3n) is 2.16. The van der Waals surface area contributed by atoms with Crippen molar-refractivity contribution < 1.29 is 13.5 Å². The number of benzene rings is 1. The van der Waals surface area contributed by atoms with Crippen molar-refractivity contribution in [3.63, 3.8) is 0 Å². The first-order valence-electron chi connectivity index (χ1n) is 4.45. The normalized spacial score (nSPS) is 15.6. The van der Waals surface area contributed by atoms with E-state index < -0.39 is 11.6 Å². The van der Waals surface area contributed by atoms with Gasteiger partial charge in [0.25, 0.3) is 0 Å². The number of halogens is 3. The van der Waals surface area contributed by atoms with Crippen LogP contribution >= 0.6 is 22.6 Å². The van der Waals surface area contributed by atoms with E-state index >= 15 is 0 Å². The lowest BCUT2D eigenvalue weighted by Gasteiger charge is -2.08. The van der Waals surface area contributed by atoms with E-state index in [0.29, 0.717) is 16.1 Å². The molecule has 0 radical (unpaired) electrons. The fourth-order valence-electron chi connectivity index (χ4n) is 1.13. The van der Waals surface area contributed by atoms with Gasteiger partial charge in [-0.1, -0.05) is 0 Å². The Morgan fingerprint density at radius 1 is 1.36 bits per heavy atom. The molecule has 1 nitrogen and oxygen atoms in total. The highest BCUT2D eigenvalue weighted by Crippen LogP contribution is 2.31. The second-order valence-corrected chi connectivity index (χ2v) is 4.59. The lowest BCUT2D eigenvalue weighted by Crippen LogP contribution is -2.03. The van der Waals surface area contributed by atoms with E-state index in [-0.39, 0.29) is 5.75 Å². The highest BCUT2D eigenvalue weighted by molar-refractivity contribution is 14.1. The molecule has 14 heavy (non-hydrogen) atoms. The molecule has 0 aromatic heterocycles. The van der Waals surface area contributed by atoms with Crippen molar-refractivity contribution in [3.8, 4) is 5.75 Å². The molecule has 0 unspecified atom stereocenters. The second kappa shape index (κ2) is 4.00. The topological polar surface area (TPSA) is 9.23 Å². The first kappa shape index (κ1) is 10.1. The van der Waals surface area contributed by atoms with Crippen molar-refractivity contribution in [2.45, 2.75) is 12.8 Å². The van der Waals surface area contributed by atoms with E-state index in [4.69, 9.17) is 4.74 Å². The Morgan fingerprint density at radius 3 is 2.71 bits per heavy atom. The van der Waals surface area contributed by atoms with E-state index in [2.05, 4.69) is 0 Å². The summed E-state index contributed by atoms with van der Waals surface area (Å²) in [5.41, 5.74) is 0. The van der Waals surface area contributed by atoms with Gasteiger partial charge in [-0.2, -0.15) is 0 Å². The molecule has 1 fully saturated rings. The van der Waals surface area contributed by atoms with Crippen LogP contribution in [-0.2, 0) is 0 Å². The lowest BCUT2D eigenvalue weighted by molar-refractivity contribution is 0.269. The molecular weight excluding hydrogens is 301 g/mol. The molecule has 0 aliphatic heterocycles. The Labute approximate surface area is 94.6 Å². The minimum Gasteiger partial charge on any atom is -0.487 e. The fourth-order valence-corrected chi connectivity index (χ4v) is 1.55. The summed E-state index contributed by atoms with van der Waals surface area (Å²) < 4.78 is 32.0. The molecule has 0 spiro atoms. The van der Waals surface area contributed by atoms with E-state index in [0.717, 1.165) is 12.8 Å². The highest BCUT2D eigenvalue weighted by atomic mass is 127. The summed E-state index contributed by atoms with van der Waals surface area (Å²) in [5.74, 6) is -0.953. The van der Waals surface area contributed by atoms with Crippen molar-refractivity contribution in [2.24, 2.45) is 5.92 Å². The van der Waals surface area contributed by atoms with Gasteiger partial charge in [0, 0.05) is 0 Å². The quantitative estimate of drug-likeness (QED) is 0.614. The monoisotopic (exact) mass is 310 g/mol. The molecule has 1 aliphatic rings. The number of hydrogen-bond acceptors (Lipinski definition) is 1. The van der Waals surface area contributed by atoms with Gasteiger partial charge in [0.15, 0.2) is 17.4 Å². The van der Waals surface area contributed by atoms with Crippen molar-refractivity contribution >= 4 is 22.6 Å². The van der Waals surface area contributed by atoms with Crippen LogP contribution in [0.5, 0.6) is 5.75 Å². The van der Waals surface area contributed by atoms with Gasteiger partial charge in [0.1, 0.15) is 0 Å². The van der Waals surface area contributed by atoms with E-state index in [1.807, 2.05) is 22.6 Å². The third-order valence-corrected chi connectivity index (χ3v) is 3.00. The predicted molar refractivity (Wildman–Crippen MR) is 57.3 cm³/mol. The molecule has 1 aliphatic carbocycles. The van der Waals surface area contributed by atoms with Crippen LogP contribution in [0.25, 0.3) is 0 Å². The summed E-state index contributed by atoms with van der Waals surface area (Å²) in [4.78, 5) is 0. The van der Waals surface area contributed by atoms with Crippen LogP contribution in [0.2, 0.25) is 0 Å². The Morgan fingerprint density at radius 2 is 2.07 bits per heavy atom. The standard InChI is InChI=1S/C10H9F2IO/c11-7-3-4-8(13)9(12)10(7)14-5-6-1-2-6/h3-4,6H,1-2,5H2. The average molecular weight is 310 g/mol. The van der Waals surface area contributed by atoms with Gasteiger partial charge in [-0.05, 0) is 53.5 Å². The number of hydrogen-bond donors (Lipinski definition) is 0. The number of rotatable bonds is 3. The molecule has 0 heterocycles. The van der Waals surface area contributed by atoms with Gasteiger partial charge >= 0.3 is 0 Å². The maximum atomic E-state index is 13.4. The van der Waals surface area contributed by atoms with Crippen LogP contribution in [0, 0.1) is 21.1 Å². The van der Waals surface area contributed by atoms with Crippen molar-refractivity contribution in [2.75, 3.05) is 6.61 Å². The molecule has 0 saturated heterocycles. The SMILES string of the molecule is Fc1ccc(I)c(F)c1OCC1CC1. The summed E-state index contributed by atoms with van der Waals surface area (Å²) in [6, 6.07) is 2.63. The smallest absolute Gasteiger partial charge is 0.191 e. The minimum absolute atomic E-state index is 0.233. The lowest BCUT2D eigenvalue weighted by atomic mass is 10.3. The largest absolute Gasteiger partial charge is 0.487 e. The maximum absolute atomic E-state index is 13.4. The first-order valence-corrected chi connectivity index (χ1v) is 5.52. The van der Waals surface area contributed by atoms with E-state index in [1.54, 1.807) is 0 Å². The highest BCUT2D eigenvalue weighted by Gasteiger charge is 2.23. The van der Waals surface area contributed by atoms with Gasteiger partial charge < -0.3 is 4.74 Å². The molecule has 2 rings (SSSR count). The van der Waals surface area contributed by atoms with Crippen molar-refractivity contribution in [1.29, 1.82) is 0 Å². The van der Waals surface area contributed by atoms with Gasteiger partial charge in [0.2, 0.25) is 0 Å². The molecule has 1 saturated carbocycles. The van der Waals surface area contributed by atoms with E-state index in [9.17, 15) is 8.78 Å². The molecule has 1 aromatic rings. The Balaban J connectivity index is 2.16. The second-order valence-electron chi connectivity index (χ2n) is 3.43. The molecule has 0 bridgehead atoms. The molecule has 0 amide bonds. The van der Waals surface area contributed by atoms with E-state index in [1.165, 1.54) is 12.1 Å². The predicted octanol–water partition coefficient (Wildman–Crippen LogP) is 3.36. The van der Waals surface area contributed by atoms with Crippen LogP contribution in [0.3, 0.4) is 0 Å². The van der Waals surface area contributed by atoms with Gasteiger partial charge in [-0.3, -0.25) is 0 Å². The summed E-state index contributed by atoms with van der Waals surface area (Å²) in [6.45, 7) is 0.425. The van der Waals surface area contributed by atoms with Crippen molar-refractivity contribution in [3.05, 3.63) is 27.3 Å². The molecule has 0 atom stereocenters. The molecular formula is C10H9F2IO. The average Bonchev–Trinajstić information content (AvgIpc) is 2.95. The molecule has 76 valence electrons. The van der Waals surface area contributed by atoms with Crippen LogP contribution in [-0.4, -0.2) is 6.61 Å². The van der Waals surface area contributed by atoms with Crippen LogP contribution in [0.4, 0.5) is 8.78 Å².